The quantitative estimate of drug-likeness (QED) is 0.712. The summed E-state index contributed by atoms with van der Waals surface area (Å²) in [7, 11) is 0. The standard InChI is InChI=1S/C18H24N4O5/c1-2-19-18(24)20-12-5-7-13(8-6-12)26-16(23)10-9-15-21-17(22-27-15)14-4-3-11-25-14/h3-4,11-13H,2,5-10H2,1H3,(H2,19,20,24). The zero-order chi connectivity index (χ0) is 19.1. The molecule has 1 saturated carbocycles. The number of carbonyl (C=O) groups is 2. The lowest BCUT2D eigenvalue weighted by atomic mass is 9.93. The Morgan fingerprint density at radius 1 is 1.30 bits per heavy atom. The molecule has 2 N–H and O–H groups in total. The zero-order valence-electron chi connectivity index (χ0n) is 15.3. The molecule has 146 valence electrons. The van der Waals surface area contributed by atoms with Crippen molar-refractivity contribution in [2.75, 3.05) is 6.54 Å². The molecule has 0 aliphatic heterocycles. The number of ether oxygens (including phenoxy) is 1. The second-order valence-corrected chi connectivity index (χ2v) is 6.46. The molecule has 9 heteroatoms. The van der Waals surface area contributed by atoms with Crippen LogP contribution >= 0.6 is 0 Å². The number of hydrogen-bond donors (Lipinski definition) is 2. The van der Waals surface area contributed by atoms with Crippen molar-refractivity contribution in [3.8, 4) is 11.6 Å². The summed E-state index contributed by atoms with van der Waals surface area (Å²) in [5.41, 5.74) is 0. The summed E-state index contributed by atoms with van der Waals surface area (Å²) in [4.78, 5) is 27.8. The summed E-state index contributed by atoms with van der Waals surface area (Å²) in [6, 6.07) is 3.46. The molecular weight excluding hydrogens is 352 g/mol. The number of rotatable bonds is 7. The van der Waals surface area contributed by atoms with E-state index in [2.05, 4.69) is 20.8 Å². The van der Waals surface area contributed by atoms with Gasteiger partial charge in [0, 0.05) is 19.0 Å². The molecule has 0 bridgehead atoms. The van der Waals surface area contributed by atoms with E-state index in [1.165, 1.54) is 6.26 Å². The Bertz CT molecular complexity index is 735. The Hall–Kier alpha value is -2.84. The van der Waals surface area contributed by atoms with Gasteiger partial charge < -0.3 is 24.3 Å². The molecule has 1 aliphatic rings. The fourth-order valence-corrected chi connectivity index (χ4v) is 3.04. The minimum Gasteiger partial charge on any atom is -0.462 e. The molecule has 0 saturated heterocycles. The topological polar surface area (TPSA) is 119 Å². The van der Waals surface area contributed by atoms with E-state index in [0.717, 1.165) is 25.7 Å². The van der Waals surface area contributed by atoms with Crippen LogP contribution in [0, 0.1) is 0 Å². The van der Waals surface area contributed by atoms with Crippen molar-refractivity contribution < 1.29 is 23.3 Å². The lowest BCUT2D eigenvalue weighted by Crippen LogP contribution is -2.44. The number of carbonyl (C=O) groups excluding carboxylic acids is 2. The number of esters is 1. The Kier molecular flexibility index (Phi) is 6.45. The lowest BCUT2D eigenvalue weighted by Gasteiger charge is -2.28. The third kappa shape index (κ3) is 5.57. The maximum Gasteiger partial charge on any atom is 0.314 e. The van der Waals surface area contributed by atoms with Crippen molar-refractivity contribution >= 4 is 12.0 Å². The first-order chi connectivity index (χ1) is 13.1. The number of nitrogens with zero attached hydrogens (tertiary/aromatic N) is 2. The fourth-order valence-electron chi connectivity index (χ4n) is 3.04. The third-order valence-corrected chi connectivity index (χ3v) is 4.40. The van der Waals surface area contributed by atoms with Crippen LogP contribution < -0.4 is 10.6 Å². The highest BCUT2D eigenvalue weighted by atomic mass is 16.5. The maximum absolute atomic E-state index is 12.1. The van der Waals surface area contributed by atoms with Crippen molar-refractivity contribution in [2.24, 2.45) is 0 Å². The van der Waals surface area contributed by atoms with Gasteiger partial charge in [-0.05, 0) is 44.7 Å². The van der Waals surface area contributed by atoms with Crippen LogP contribution in [0.1, 0.15) is 44.9 Å². The summed E-state index contributed by atoms with van der Waals surface area (Å²) in [6.45, 7) is 2.48. The first kappa shape index (κ1) is 18.9. The van der Waals surface area contributed by atoms with Crippen molar-refractivity contribution in [3.05, 3.63) is 24.3 Å². The SMILES string of the molecule is CCNC(=O)NC1CCC(OC(=O)CCc2nc(-c3ccco3)no2)CC1. The fraction of sp³-hybridized carbons (Fsp3) is 0.556. The average molecular weight is 376 g/mol. The van der Waals surface area contributed by atoms with Crippen molar-refractivity contribution in [1.82, 2.24) is 20.8 Å². The average Bonchev–Trinajstić information content (AvgIpc) is 3.33. The number of aromatic nitrogens is 2. The first-order valence-electron chi connectivity index (χ1n) is 9.24. The van der Waals surface area contributed by atoms with Crippen LogP contribution in [0.2, 0.25) is 0 Å². The predicted molar refractivity (Wildman–Crippen MR) is 94.7 cm³/mol. The summed E-state index contributed by atoms with van der Waals surface area (Å²) < 4.78 is 15.8. The normalized spacial score (nSPS) is 19.4. The molecule has 0 radical (unpaired) electrons. The number of urea groups is 1. The summed E-state index contributed by atoms with van der Waals surface area (Å²) >= 11 is 0. The van der Waals surface area contributed by atoms with E-state index in [0.29, 0.717) is 30.4 Å². The van der Waals surface area contributed by atoms with Crippen molar-refractivity contribution in [2.45, 2.75) is 57.6 Å². The second-order valence-electron chi connectivity index (χ2n) is 6.46. The van der Waals surface area contributed by atoms with Crippen LogP contribution in [0.3, 0.4) is 0 Å². The van der Waals surface area contributed by atoms with Gasteiger partial charge in [-0.15, -0.1) is 0 Å². The van der Waals surface area contributed by atoms with Crippen LogP contribution in [-0.4, -0.2) is 40.8 Å². The van der Waals surface area contributed by atoms with Crippen LogP contribution in [0.25, 0.3) is 11.6 Å². The molecule has 9 nitrogen and oxygen atoms in total. The second kappa shape index (κ2) is 9.20. The van der Waals surface area contributed by atoms with E-state index in [9.17, 15) is 9.59 Å². The first-order valence-corrected chi connectivity index (χ1v) is 9.24. The Morgan fingerprint density at radius 2 is 2.11 bits per heavy atom. The molecule has 0 unspecified atom stereocenters. The van der Waals surface area contributed by atoms with Gasteiger partial charge in [0.25, 0.3) is 0 Å². The highest BCUT2D eigenvalue weighted by molar-refractivity contribution is 5.74. The van der Waals surface area contributed by atoms with Gasteiger partial charge in [0.05, 0.1) is 12.7 Å². The highest BCUT2D eigenvalue weighted by Gasteiger charge is 2.25. The summed E-state index contributed by atoms with van der Waals surface area (Å²) in [5.74, 6) is 0.966. The van der Waals surface area contributed by atoms with E-state index in [-0.39, 0.29) is 30.6 Å². The summed E-state index contributed by atoms with van der Waals surface area (Å²) in [5, 5.41) is 9.47. The van der Waals surface area contributed by atoms with Gasteiger partial charge in [0.15, 0.2) is 5.76 Å². The Morgan fingerprint density at radius 3 is 2.81 bits per heavy atom. The van der Waals surface area contributed by atoms with Gasteiger partial charge in [0.2, 0.25) is 11.7 Å². The molecule has 0 aromatic carbocycles. The molecular formula is C18H24N4O5. The van der Waals surface area contributed by atoms with Crippen LogP contribution in [0.5, 0.6) is 0 Å². The molecule has 1 fully saturated rings. The lowest BCUT2D eigenvalue weighted by molar-refractivity contribution is -0.150. The van der Waals surface area contributed by atoms with E-state index < -0.39 is 0 Å². The van der Waals surface area contributed by atoms with Crippen molar-refractivity contribution in [1.29, 1.82) is 0 Å². The molecule has 2 amide bonds. The monoisotopic (exact) mass is 376 g/mol. The minimum absolute atomic E-state index is 0.105. The van der Waals surface area contributed by atoms with E-state index >= 15 is 0 Å². The van der Waals surface area contributed by atoms with E-state index in [1.54, 1.807) is 12.1 Å². The molecule has 2 heterocycles. The highest BCUT2D eigenvalue weighted by Crippen LogP contribution is 2.22. The van der Waals surface area contributed by atoms with Crippen molar-refractivity contribution in [3.63, 3.8) is 0 Å². The number of hydrogen-bond acceptors (Lipinski definition) is 7. The molecule has 0 atom stereocenters. The maximum atomic E-state index is 12.1. The summed E-state index contributed by atoms with van der Waals surface area (Å²) in [6.07, 6.45) is 5.00. The van der Waals surface area contributed by atoms with Crippen LogP contribution in [0.4, 0.5) is 4.79 Å². The molecule has 0 spiro atoms. The zero-order valence-corrected chi connectivity index (χ0v) is 15.3. The molecule has 3 rings (SSSR count). The smallest absolute Gasteiger partial charge is 0.314 e. The minimum atomic E-state index is -0.284. The van der Waals surface area contributed by atoms with Gasteiger partial charge in [-0.3, -0.25) is 4.79 Å². The van der Waals surface area contributed by atoms with Gasteiger partial charge in [-0.2, -0.15) is 4.98 Å². The van der Waals surface area contributed by atoms with E-state index in [4.69, 9.17) is 13.7 Å². The van der Waals surface area contributed by atoms with Gasteiger partial charge in [-0.1, -0.05) is 5.16 Å². The van der Waals surface area contributed by atoms with Gasteiger partial charge in [0.1, 0.15) is 6.10 Å². The molecule has 27 heavy (non-hydrogen) atoms. The van der Waals surface area contributed by atoms with E-state index in [1.807, 2.05) is 6.92 Å². The number of aryl methyl sites for hydroxylation is 1. The Balaban J connectivity index is 1.36. The predicted octanol–water partition coefficient (Wildman–Crippen LogP) is 2.44. The number of nitrogens with one attached hydrogen (secondary N) is 2. The Labute approximate surface area is 156 Å². The molecule has 2 aromatic heterocycles. The van der Waals surface area contributed by atoms with Crippen LogP contribution in [0.15, 0.2) is 27.3 Å². The largest absolute Gasteiger partial charge is 0.462 e. The number of furan rings is 1. The molecule has 2 aromatic rings. The molecule has 1 aliphatic carbocycles. The van der Waals surface area contributed by atoms with Gasteiger partial charge >= 0.3 is 12.0 Å². The number of amides is 2. The van der Waals surface area contributed by atoms with Gasteiger partial charge in [-0.25, -0.2) is 4.79 Å². The third-order valence-electron chi connectivity index (χ3n) is 4.40. The van der Waals surface area contributed by atoms with Crippen LogP contribution in [-0.2, 0) is 16.0 Å².